The number of carbonyl (C=O) groups excluding carboxylic acids is 1. The van der Waals surface area contributed by atoms with Gasteiger partial charge < -0.3 is 10.6 Å². The van der Waals surface area contributed by atoms with Crippen molar-refractivity contribution in [2.24, 2.45) is 0 Å². The highest BCUT2D eigenvalue weighted by Gasteiger charge is 2.07. The van der Waals surface area contributed by atoms with E-state index in [0.717, 1.165) is 18.2 Å². The number of benzene rings is 2. The van der Waals surface area contributed by atoms with Crippen LogP contribution in [0.25, 0.3) is 0 Å². The minimum Gasteiger partial charge on any atom is -0.338 e. The van der Waals surface area contributed by atoms with Crippen molar-refractivity contribution in [3.8, 4) is 6.07 Å². The minimum atomic E-state index is -0.509. The molecule has 0 aliphatic heterocycles. The molecule has 2 amide bonds. The summed E-state index contributed by atoms with van der Waals surface area (Å²) in [6.45, 7) is 0.523. The third-order valence-electron chi connectivity index (χ3n) is 2.97. The molecule has 0 fully saturated rings. The average molecular weight is 329 g/mol. The molecule has 0 bridgehead atoms. The van der Waals surface area contributed by atoms with Crippen LogP contribution in [-0.2, 0) is 0 Å². The molecule has 2 aromatic rings. The minimum absolute atomic E-state index is 0.0970. The van der Waals surface area contributed by atoms with Crippen LogP contribution in [0.15, 0.2) is 53.4 Å². The fourth-order valence-corrected chi connectivity index (χ4v) is 2.74. The van der Waals surface area contributed by atoms with Gasteiger partial charge in [-0.1, -0.05) is 18.2 Å². The van der Waals surface area contributed by atoms with Gasteiger partial charge in [-0.05, 0) is 42.5 Å². The summed E-state index contributed by atoms with van der Waals surface area (Å²) >= 11 is 1.73. The topological polar surface area (TPSA) is 64.9 Å². The molecule has 0 saturated heterocycles. The van der Waals surface area contributed by atoms with E-state index >= 15 is 0 Å². The first kappa shape index (κ1) is 16.8. The predicted octanol–water partition coefficient (Wildman–Crippen LogP) is 4.00. The normalized spacial score (nSPS) is 9.91. The molecular weight excluding hydrogens is 313 g/mol. The number of nitrogens with zero attached hydrogens (tertiary/aromatic N) is 1. The molecule has 0 aromatic heterocycles. The van der Waals surface area contributed by atoms with Crippen molar-refractivity contribution in [1.82, 2.24) is 5.32 Å². The van der Waals surface area contributed by atoms with E-state index in [4.69, 9.17) is 5.26 Å². The van der Waals surface area contributed by atoms with Gasteiger partial charge in [0.2, 0.25) is 0 Å². The Bertz CT molecular complexity index is 701. The molecule has 0 aliphatic carbocycles. The van der Waals surface area contributed by atoms with Gasteiger partial charge >= 0.3 is 6.03 Å². The molecule has 0 radical (unpaired) electrons. The number of urea groups is 1. The first-order chi connectivity index (χ1) is 11.2. The number of nitriles is 1. The standard InChI is InChI=1S/C17H16FN3OS/c18-14-7-8-16(13(11-14)12-19)21-17(22)20-9-4-10-23-15-5-2-1-3-6-15/h1-3,5-8,11H,4,9-10H2,(H2,20,21,22). The first-order valence-corrected chi connectivity index (χ1v) is 8.10. The Morgan fingerprint density at radius 1 is 1.22 bits per heavy atom. The zero-order valence-electron chi connectivity index (χ0n) is 12.4. The van der Waals surface area contributed by atoms with Crippen molar-refractivity contribution in [3.63, 3.8) is 0 Å². The van der Waals surface area contributed by atoms with Crippen molar-refractivity contribution in [1.29, 1.82) is 5.26 Å². The monoisotopic (exact) mass is 329 g/mol. The SMILES string of the molecule is N#Cc1cc(F)ccc1NC(=O)NCCCSc1ccccc1. The number of hydrogen-bond donors (Lipinski definition) is 2. The van der Waals surface area contributed by atoms with Gasteiger partial charge in [0.05, 0.1) is 11.3 Å². The highest BCUT2D eigenvalue weighted by molar-refractivity contribution is 7.99. The number of nitrogens with one attached hydrogen (secondary N) is 2. The van der Waals surface area contributed by atoms with E-state index in [1.165, 1.54) is 17.0 Å². The molecule has 2 aromatic carbocycles. The van der Waals surface area contributed by atoms with E-state index in [9.17, 15) is 9.18 Å². The highest BCUT2D eigenvalue weighted by atomic mass is 32.2. The van der Waals surface area contributed by atoms with Gasteiger partial charge in [-0.2, -0.15) is 5.26 Å². The van der Waals surface area contributed by atoms with Crippen LogP contribution >= 0.6 is 11.8 Å². The van der Waals surface area contributed by atoms with Gasteiger partial charge in [-0.15, -0.1) is 11.8 Å². The van der Waals surface area contributed by atoms with E-state index in [-0.39, 0.29) is 5.56 Å². The van der Waals surface area contributed by atoms with E-state index in [0.29, 0.717) is 12.2 Å². The first-order valence-electron chi connectivity index (χ1n) is 7.11. The van der Waals surface area contributed by atoms with Gasteiger partial charge in [0.15, 0.2) is 0 Å². The highest BCUT2D eigenvalue weighted by Crippen LogP contribution is 2.17. The molecule has 0 unspecified atom stereocenters. The molecule has 0 spiro atoms. The van der Waals surface area contributed by atoms with Crippen molar-refractivity contribution in [2.45, 2.75) is 11.3 Å². The van der Waals surface area contributed by atoms with E-state index in [1.807, 2.05) is 36.4 Å². The molecule has 23 heavy (non-hydrogen) atoms. The maximum Gasteiger partial charge on any atom is 0.319 e. The Kier molecular flexibility index (Phi) is 6.45. The van der Waals surface area contributed by atoms with Gasteiger partial charge in [0, 0.05) is 11.4 Å². The number of hydrogen-bond acceptors (Lipinski definition) is 3. The Hall–Kier alpha value is -2.52. The quantitative estimate of drug-likeness (QED) is 0.622. The zero-order chi connectivity index (χ0) is 16.5. The van der Waals surface area contributed by atoms with Crippen LogP contribution < -0.4 is 10.6 Å². The van der Waals surface area contributed by atoms with E-state index in [2.05, 4.69) is 10.6 Å². The van der Waals surface area contributed by atoms with Crippen LogP contribution in [0.4, 0.5) is 14.9 Å². The molecule has 2 N–H and O–H groups in total. The molecule has 6 heteroatoms. The van der Waals surface area contributed by atoms with Crippen molar-refractivity contribution >= 4 is 23.5 Å². The number of thioether (sulfide) groups is 1. The lowest BCUT2D eigenvalue weighted by molar-refractivity contribution is 0.252. The summed E-state index contributed by atoms with van der Waals surface area (Å²) in [7, 11) is 0. The summed E-state index contributed by atoms with van der Waals surface area (Å²) in [6.07, 6.45) is 0.821. The Morgan fingerprint density at radius 3 is 2.74 bits per heavy atom. The number of carbonyl (C=O) groups is 1. The summed E-state index contributed by atoms with van der Waals surface area (Å²) in [5.41, 5.74) is 0.393. The number of amides is 2. The fourth-order valence-electron chi connectivity index (χ4n) is 1.87. The van der Waals surface area contributed by atoms with Crippen LogP contribution in [0.1, 0.15) is 12.0 Å². The molecule has 4 nitrogen and oxygen atoms in total. The smallest absolute Gasteiger partial charge is 0.319 e. The van der Waals surface area contributed by atoms with Crippen LogP contribution in [-0.4, -0.2) is 18.3 Å². The zero-order valence-corrected chi connectivity index (χ0v) is 13.2. The van der Waals surface area contributed by atoms with E-state index < -0.39 is 11.8 Å². The van der Waals surface area contributed by atoms with Crippen molar-refractivity contribution in [2.75, 3.05) is 17.6 Å². The molecule has 0 heterocycles. The Balaban J connectivity index is 1.70. The Labute approximate surface area is 138 Å². The predicted molar refractivity (Wildman–Crippen MR) is 89.9 cm³/mol. The Morgan fingerprint density at radius 2 is 2.00 bits per heavy atom. The second-order valence-electron chi connectivity index (χ2n) is 4.70. The summed E-state index contributed by atoms with van der Waals surface area (Å²) in [5.74, 6) is 0.384. The van der Waals surface area contributed by atoms with Gasteiger partial charge in [-0.25, -0.2) is 9.18 Å². The van der Waals surface area contributed by atoms with Gasteiger partial charge in [0.1, 0.15) is 11.9 Å². The lowest BCUT2D eigenvalue weighted by atomic mass is 10.2. The number of anilines is 1. The third kappa shape index (κ3) is 5.64. The summed E-state index contributed by atoms with van der Waals surface area (Å²) in [4.78, 5) is 13.0. The summed E-state index contributed by atoms with van der Waals surface area (Å²) in [5, 5.41) is 14.2. The third-order valence-corrected chi connectivity index (χ3v) is 4.07. The van der Waals surface area contributed by atoms with Gasteiger partial charge in [0.25, 0.3) is 0 Å². The molecular formula is C17H16FN3OS. The van der Waals surface area contributed by atoms with Crippen molar-refractivity contribution < 1.29 is 9.18 Å². The maximum atomic E-state index is 13.0. The lowest BCUT2D eigenvalue weighted by Crippen LogP contribution is -2.30. The van der Waals surface area contributed by atoms with Crippen molar-refractivity contribution in [3.05, 3.63) is 59.9 Å². The molecule has 0 aliphatic rings. The largest absolute Gasteiger partial charge is 0.338 e. The van der Waals surface area contributed by atoms with Gasteiger partial charge in [-0.3, -0.25) is 0 Å². The van der Waals surface area contributed by atoms with Crippen LogP contribution in [0, 0.1) is 17.1 Å². The second-order valence-corrected chi connectivity index (χ2v) is 5.87. The van der Waals surface area contributed by atoms with Crippen LogP contribution in [0.2, 0.25) is 0 Å². The molecule has 0 saturated carbocycles. The average Bonchev–Trinajstić information content (AvgIpc) is 2.57. The number of halogens is 1. The molecule has 2 rings (SSSR count). The summed E-state index contributed by atoms with van der Waals surface area (Å²) < 4.78 is 13.0. The van der Waals surface area contributed by atoms with Crippen LogP contribution in [0.5, 0.6) is 0 Å². The molecule has 118 valence electrons. The van der Waals surface area contributed by atoms with Crippen LogP contribution in [0.3, 0.4) is 0 Å². The maximum absolute atomic E-state index is 13.0. The summed E-state index contributed by atoms with van der Waals surface area (Å²) in [6, 6.07) is 15.2. The second kappa shape index (κ2) is 8.81. The molecule has 0 atom stereocenters. The van der Waals surface area contributed by atoms with E-state index in [1.54, 1.807) is 11.8 Å². The lowest BCUT2D eigenvalue weighted by Gasteiger charge is -2.09. The fraction of sp³-hybridized carbons (Fsp3) is 0.176. The number of rotatable bonds is 6.